The van der Waals surface area contributed by atoms with Crippen LogP contribution in [-0.4, -0.2) is 11.9 Å². The van der Waals surface area contributed by atoms with E-state index in [4.69, 9.17) is 23.2 Å². The van der Waals surface area contributed by atoms with Crippen molar-refractivity contribution in [1.29, 1.82) is 0 Å². The van der Waals surface area contributed by atoms with Crippen LogP contribution in [0.2, 0.25) is 10.0 Å². The van der Waals surface area contributed by atoms with Crippen LogP contribution in [-0.2, 0) is 11.0 Å². The van der Waals surface area contributed by atoms with Crippen LogP contribution in [0.5, 0.6) is 0 Å². The smallest absolute Gasteiger partial charge is 0.370 e. The molecule has 1 saturated carbocycles. The number of carbonyl (C=O) groups is 1. The molecular weight excluding hydrogens is 424 g/mol. The second-order valence-corrected chi connectivity index (χ2v) is 7.95. The molecule has 2 aromatic carbocycles. The van der Waals surface area contributed by atoms with Gasteiger partial charge < -0.3 is 10.6 Å². The third-order valence-corrected chi connectivity index (χ3v) is 5.66. The highest BCUT2D eigenvalue weighted by Gasteiger charge is 2.32. The zero-order valence-electron chi connectivity index (χ0n) is 15.5. The molecule has 2 N–H and O–H groups in total. The topological polar surface area (TPSA) is 41.1 Å². The van der Waals surface area contributed by atoms with Crippen LogP contribution in [0.25, 0.3) is 0 Å². The predicted octanol–water partition coefficient (Wildman–Crippen LogP) is 6.61. The first kappa shape index (κ1) is 21.8. The molecule has 3 rings (SSSR count). The minimum Gasteiger partial charge on any atom is -0.370 e. The molecule has 0 heterocycles. The second-order valence-electron chi connectivity index (χ2n) is 7.13. The summed E-state index contributed by atoms with van der Waals surface area (Å²) in [5.41, 5.74) is -0.319. The second kappa shape index (κ2) is 9.26. The van der Waals surface area contributed by atoms with E-state index in [1.165, 1.54) is 12.1 Å². The molecule has 1 unspecified atom stereocenters. The molecule has 0 saturated heterocycles. The molecule has 29 heavy (non-hydrogen) atoms. The average molecular weight is 445 g/mol. The molecule has 2 aromatic rings. The maximum Gasteiger partial charge on any atom is 0.416 e. The minimum atomic E-state index is -4.49. The van der Waals surface area contributed by atoms with Gasteiger partial charge in [0.15, 0.2) is 0 Å². The number of benzene rings is 2. The molecule has 1 aliphatic rings. The summed E-state index contributed by atoms with van der Waals surface area (Å²) in [6.07, 6.45) is 0.456. The van der Waals surface area contributed by atoms with E-state index in [0.29, 0.717) is 5.56 Å². The Morgan fingerprint density at radius 3 is 2.24 bits per heavy atom. The van der Waals surface area contributed by atoms with Crippen molar-refractivity contribution < 1.29 is 18.0 Å². The molecule has 1 amide bonds. The highest BCUT2D eigenvalue weighted by molar-refractivity contribution is 6.36. The third-order valence-electron chi connectivity index (χ3n) is 5.00. The number of carbonyl (C=O) groups excluding carboxylic acids is 1. The molecule has 8 heteroatoms. The van der Waals surface area contributed by atoms with Crippen molar-refractivity contribution >= 4 is 34.8 Å². The lowest BCUT2D eigenvalue weighted by molar-refractivity contribution is -0.137. The van der Waals surface area contributed by atoms with Crippen molar-refractivity contribution in [2.24, 2.45) is 0 Å². The SMILES string of the molecule is O=C(NC1CCCCC1)C(Nc1cccc(C(F)(F)F)c1)c1c(Cl)cccc1Cl. The van der Waals surface area contributed by atoms with Gasteiger partial charge in [-0.1, -0.05) is 54.6 Å². The van der Waals surface area contributed by atoms with Gasteiger partial charge >= 0.3 is 6.18 Å². The fourth-order valence-electron chi connectivity index (χ4n) is 3.54. The largest absolute Gasteiger partial charge is 0.416 e. The van der Waals surface area contributed by atoms with Gasteiger partial charge in [0, 0.05) is 27.3 Å². The van der Waals surface area contributed by atoms with Crippen LogP contribution in [0.1, 0.15) is 49.3 Å². The van der Waals surface area contributed by atoms with Crippen molar-refractivity contribution in [2.75, 3.05) is 5.32 Å². The Labute approximate surface area is 177 Å². The Morgan fingerprint density at radius 1 is 1.00 bits per heavy atom. The number of rotatable bonds is 5. The molecule has 0 aliphatic heterocycles. The summed E-state index contributed by atoms with van der Waals surface area (Å²) < 4.78 is 39.2. The van der Waals surface area contributed by atoms with Gasteiger partial charge in [-0.15, -0.1) is 0 Å². The standard InChI is InChI=1S/C21H21Cl2F3N2O/c22-16-10-5-11-17(23)18(16)19(20(29)28-14-7-2-1-3-8-14)27-15-9-4-6-13(12-15)21(24,25)26/h4-6,9-12,14,19,27H,1-3,7-8H2,(H,28,29). The van der Waals surface area contributed by atoms with Gasteiger partial charge in [0.05, 0.1) is 5.56 Å². The average Bonchev–Trinajstić information content (AvgIpc) is 2.67. The summed E-state index contributed by atoms with van der Waals surface area (Å²) in [6.45, 7) is 0. The molecule has 0 bridgehead atoms. The number of hydrogen-bond acceptors (Lipinski definition) is 2. The minimum absolute atomic E-state index is 0.0309. The number of amides is 1. The van der Waals surface area contributed by atoms with E-state index >= 15 is 0 Å². The van der Waals surface area contributed by atoms with Crippen molar-refractivity contribution in [3.63, 3.8) is 0 Å². The first-order valence-electron chi connectivity index (χ1n) is 9.44. The van der Waals surface area contributed by atoms with E-state index in [0.717, 1.165) is 44.2 Å². The van der Waals surface area contributed by atoms with E-state index in [-0.39, 0.29) is 27.7 Å². The van der Waals surface area contributed by atoms with Gasteiger partial charge in [-0.25, -0.2) is 0 Å². The Kier molecular flexibility index (Phi) is 6.96. The predicted molar refractivity (Wildman–Crippen MR) is 109 cm³/mol. The van der Waals surface area contributed by atoms with Crippen LogP contribution < -0.4 is 10.6 Å². The lowest BCUT2D eigenvalue weighted by Gasteiger charge is -2.27. The lowest BCUT2D eigenvalue weighted by atomic mass is 9.95. The van der Waals surface area contributed by atoms with E-state index in [1.54, 1.807) is 18.2 Å². The van der Waals surface area contributed by atoms with Gasteiger partial charge in [-0.2, -0.15) is 13.2 Å². The molecule has 1 aliphatic carbocycles. The summed E-state index contributed by atoms with van der Waals surface area (Å²) in [5, 5.41) is 6.42. The summed E-state index contributed by atoms with van der Waals surface area (Å²) in [6, 6.07) is 8.54. The summed E-state index contributed by atoms with van der Waals surface area (Å²) in [5.74, 6) is -0.371. The van der Waals surface area contributed by atoms with Crippen LogP contribution in [0, 0.1) is 0 Å². The van der Waals surface area contributed by atoms with Crippen molar-refractivity contribution in [3.05, 3.63) is 63.6 Å². The Bertz CT molecular complexity index is 847. The molecule has 3 nitrogen and oxygen atoms in total. The highest BCUT2D eigenvalue weighted by Crippen LogP contribution is 2.35. The molecular formula is C21H21Cl2F3N2O. The Morgan fingerprint density at radius 2 is 1.62 bits per heavy atom. The number of nitrogens with one attached hydrogen (secondary N) is 2. The van der Waals surface area contributed by atoms with Crippen molar-refractivity contribution in [1.82, 2.24) is 5.32 Å². The number of hydrogen-bond donors (Lipinski definition) is 2. The fourth-order valence-corrected chi connectivity index (χ4v) is 4.15. The maximum absolute atomic E-state index is 13.1. The molecule has 1 fully saturated rings. The van der Waals surface area contributed by atoms with Gasteiger partial charge in [-0.3, -0.25) is 4.79 Å². The third kappa shape index (κ3) is 5.58. The van der Waals surface area contributed by atoms with Gasteiger partial charge in [0.25, 0.3) is 0 Å². The van der Waals surface area contributed by atoms with Crippen molar-refractivity contribution in [3.8, 4) is 0 Å². The number of alkyl halides is 3. The summed E-state index contributed by atoms with van der Waals surface area (Å²) in [4.78, 5) is 13.1. The fraction of sp³-hybridized carbons (Fsp3) is 0.381. The normalized spacial score (nSPS) is 16.3. The van der Waals surface area contributed by atoms with Crippen molar-refractivity contribution in [2.45, 2.75) is 50.4 Å². The first-order chi connectivity index (χ1) is 13.8. The highest BCUT2D eigenvalue weighted by atomic mass is 35.5. The van der Waals surface area contributed by atoms with Crippen LogP contribution in [0.3, 0.4) is 0 Å². The maximum atomic E-state index is 13.1. The number of halogens is 5. The van der Waals surface area contributed by atoms with E-state index in [2.05, 4.69) is 10.6 Å². The van der Waals surface area contributed by atoms with Gasteiger partial charge in [0.2, 0.25) is 5.91 Å². The summed E-state index contributed by atoms with van der Waals surface area (Å²) in [7, 11) is 0. The van der Waals surface area contributed by atoms with Gasteiger partial charge in [0.1, 0.15) is 6.04 Å². The molecule has 0 radical (unpaired) electrons. The van der Waals surface area contributed by atoms with Gasteiger partial charge in [-0.05, 0) is 43.2 Å². The van der Waals surface area contributed by atoms with E-state index in [9.17, 15) is 18.0 Å². The molecule has 1 atom stereocenters. The van der Waals surface area contributed by atoms with E-state index in [1.807, 2.05) is 0 Å². The van der Waals surface area contributed by atoms with E-state index < -0.39 is 17.8 Å². The Hall–Kier alpha value is -1.92. The monoisotopic (exact) mass is 444 g/mol. The quantitative estimate of drug-likeness (QED) is 0.544. The van der Waals surface area contributed by atoms with Crippen LogP contribution >= 0.6 is 23.2 Å². The Balaban J connectivity index is 1.92. The van der Waals surface area contributed by atoms with Crippen LogP contribution in [0.4, 0.5) is 18.9 Å². The zero-order chi connectivity index (χ0) is 21.0. The zero-order valence-corrected chi connectivity index (χ0v) is 17.0. The number of anilines is 1. The first-order valence-corrected chi connectivity index (χ1v) is 10.2. The van der Waals surface area contributed by atoms with Crippen LogP contribution in [0.15, 0.2) is 42.5 Å². The summed E-state index contributed by atoms with van der Waals surface area (Å²) >= 11 is 12.6. The molecule has 0 aromatic heterocycles. The molecule has 0 spiro atoms. The molecule has 156 valence electrons. The lowest BCUT2D eigenvalue weighted by Crippen LogP contribution is -2.41.